The first-order chi connectivity index (χ1) is 20.7. The highest BCUT2D eigenvalue weighted by atomic mass is 16.5. The number of aryl methyl sites for hydroxylation is 1. The lowest BCUT2D eigenvalue weighted by Crippen LogP contribution is -2.16. The molecule has 0 radical (unpaired) electrons. The number of nitrogens with one attached hydrogen (secondary N) is 1. The van der Waals surface area contributed by atoms with Crippen molar-refractivity contribution < 1.29 is 14.6 Å². The molecule has 0 unspecified atom stereocenters. The summed E-state index contributed by atoms with van der Waals surface area (Å²) in [5, 5.41) is 18.3. The molecule has 0 saturated heterocycles. The minimum atomic E-state index is -0.886. The average Bonchev–Trinajstić information content (AvgIpc) is 3.75. The number of ether oxygens (including phenoxy) is 1. The Kier molecular flexibility index (Phi) is 7.18. The molecule has 4 atom stereocenters. The van der Waals surface area contributed by atoms with E-state index >= 15 is 0 Å². The molecule has 2 aliphatic rings. The van der Waals surface area contributed by atoms with Crippen LogP contribution in [0.3, 0.4) is 0 Å². The number of hydrogen-bond donors (Lipinski definition) is 2. The van der Waals surface area contributed by atoms with Crippen LogP contribution in [-0.2, 0) is 17.8 Å². The molecule has 0 amide bonds. The van der Waals surface area contributed by atoms with E-state index in [1.54, 1.807) is 18.5 Å². The maximum atomic E-state index is 12.2. The number of fused-ring (bicyclic) bond motifs is 2. The van der Waals surface area contributed by atoms with Gasteiger partial charge in [-0.2, -0.15) is 5.10 Å². The van der Waals surface area contributed by atoms with Gasteiger partial charge >= 0.3 is 5.97 Å². The molecule has 42 heavy (non-hydrogen) atoms. The van der Waals surface area contributed by atoms with Crippen molar-refractivity contribution in [3.63, 3.8) is 0 Å². The fraction of sp³-hybridized carbons (Fsp3) is 0.286. The van der Waals surface area contributed by atoms with Crippen LogP contribution in [0, 0.1) is 5.92 Å². The molecule has 212 valence electrons. The van der Waals surface area contributed by atoms with Gasteiger partial charge < -0.3 is 15.2 Å². The molecule has 2 heterocycles. The summed E-state index contributed by atoms with van der Waals surface area (Å²) >= 11 is 0. The standard InChI is InChI=1S/C35H34N4O3/c40-35(41)29-13-7-6-12-28(29)30-19-25(18-26(30)21-42-20-23-8-2-1-3-9-23)32-16-17-33-34(36-22-37-39(32)33)38-31-15-14-24-10-4-5-11-27(24)31/h1-13,16-17,22,25-26,30-31H,14-15,18-21H2,(H,40,41)(H,36,37,38)/t25-,26-,30-,31-/m0/s1. The van der Waals surface area contributed by atoms with Crippen molar-refractivity contribution in [2.24, 2.45) is 5.92 Å². The highest BCUT2D eigenvalue weighted by Crippen LogP contribution is 2.49. The number of nitrogens with zero attached hydrogens (tertiary/aromatic N) is 3. The van der Waals surface area contributed by atoms with Crippen molar-refractivity contribution in [2.45, 2.75) is 50.2 Å². The fourth-order valence-electron chi connectivity index (χ4n) is 7.10. The third-order valence-corrected chi connectivity index (χ3v) is 9.07. The van der Waals surface area contributed by atoms with Crippen LogP contribution >= 0.6 is 0 Å². The van der Waals surface area contributed by atoms with E-state index in [-0.39, 0.29) is 23.8 Å². The van der Waals surface area contributed by atoms with Crippen molar-refractivity contribution in [2.75, 3.05) is 11.9 Å². The normalized spacial score (nSPS) is 21.4. The highest BCUT2D eigenvalue weighted by Gasteiger charge is 2.39. The average molecular weight is 559 g/mol. The van der Waals surface area contributed by atoms with Gasteiger partial charge in [-0.1, -0.05) is 72.8 Å². The number of carbonyl (C=O) groups is 1. The highest BCUT2D eigenvalue weighted by molar-refractivity contribution is 5.89. The van der Waals surface area contributed by atoms with E-state index in [9.17, 15) is 9.90 Å². The zero-order valence-electron chi connectivity index (χ0n) is 23.4. The van der Waals surface area contributed by atoms with Crippen LogP contribution in [0.15, 0.2) is 97.3 Å². The number of hydrogen-bond acceptors (Lipinski definition) is 5. The number of rotatable bonds is 9. The lowest BCUT2D eigenvalue weighted by Gasteiger charge is -2.21. The zero-order chi connectivity index (χ0) is 28.5. The summed E-state index contributed by atoms with van der Waals surface area (Å²) in [7, 11) is 0. The number of carboxylic acids is 1. The fourth-order valence-corrected chi connectivity index (χ4v) is 7.10. The first kappa shape index (κ1) is 26.4. The van der Waals surface area contributed by atoms with Crippen LogP contribution in [0.2, 0.25) is 0 Å². The molecular weight excluding hydrogens is 524 g/mol. The Labute approximate surface area is 245 Å². The maximum Gasteiger partial charge on any atom is 0.335 e. The Morgan fingerprint density at radius 3 is 2.57 bits per heavy atom. The number of benzene rings is 3. The number of anilines is 1. The summed E-state index contributed by atoms with van der Waals surface area (Å²) in [6.07, 6.45) is 5.46. The van der Waals surface area contributed by atoms with Crippen LogP contribution in [0.1, 0.15) is 75.4 Å². The molecule has 0 bridgehead atoms. The molecule has 5 aromatic rings. The van der Waals surface area contributed by atoms with Gasteiger partial charge in [-0.15, -0.1) is 0 Å². The Hall–Kier alpha value is -4.49. The van der Waals surface area contributed by atoms with Gasteiger partial charge in [0.1, 0.15) is 11.8 Å². The number of carboxylic acid groups (broad SMARTS) is 1. The summed E-state index contributed by atoms with van der Waals surface area (Å²) in [4.78, 5) is 16.8. The lowest BCUT2D eigenvalue weighted by atomic mass is 9.86. The van der Waals surface area contributed by atoms with Gasteiger partial charge in [0.15, 0.2) is 5.82 Å². The van der Waals surface area contributed by atoms with Crippen LogP contribution in [-0.4, -0.2) is 32.3 Å². The molecule has 7 rings (SSSR count). The molecule has 1 fully saturated rings. The number of aromatic nitrogens is 3. The third-order valence-electron chi connectivity index (χ3n) is 9.07. The Bertz CT molecular complexity index is 1720. The molecule has 7 heteroatoms. The SMILES string of the molecule is O=C(O)c1ccccc1[C@H]1C[C@@H](c2ccc3c(N[C@H]4CCc5ccccc54)ncnn23)C[C@H]1COCc1ccccc1. The van der Waals surface area contributed by atoms with Crippen molar-refractivity contribution in [1.29, 1.82) is 0 Å². The summed E-state index contributed by atoms with van der Waals surface area (Å²) < 4.78 is 8.26. The van der Waals surface area contributed by atoms with Crippen LogP contribution < -0.4 is 5.32 Å². The molecule has 0 aliphatic heterocycles. The van der Waals surface area contributed by atoms with E-state index in [0.29, 0.717) is 18.8 Å². The number of aromatic carboxylic acids is 1. The van der Waals surface area contributed by atoms with E-state index in [1.807, 2.05) is 34.8 Å². The summed E-state index contributed by atoms with van der Waals surface area (Å²) in [5.41, 5.74) is 7.23. The van der Waals surface area contributed by atoms with E-state index in [1.165, 1.54) is 11.1 Å². The van der Waals surface area contributed by atoms with Gasteiger partial charge in [-0.05, 0) is 78.0 Å². The van der Waals surface area contributed by atoms with E-state index in [2.05, 4.69) is 63.9 Å². The Morgan fingerprint density at radius 1 is 0.929 bits per heavy atom. The second kappa shape index (κ2) is 11.4. The van der Waals surface area contributed by atoms with Crippen LogP contribution in [0.25, 0.3) is 5.52 Å². The third kappa shape index (κ3) is 5.05. The molecule has 1 saturated carbocycles. The second-order valence-electron chi connectivity index (χ2n) is 11.5. The van der Waals surface area contributed by atoms with Gasteiger partial charge in [0.05, 0.1) is 24.8 Å². The molecule has 2 aromatic heterocycles. The molecule has 2 N–H and O–H groups in total. The van der Waals surface area contributed by atoms with E-state index in [4.69, 9.17) is 4.74 Å². The predicted molar refractivity (Wildman–Crippen MR) is 162 cm³/mol. The van der Waals surface area contributed by atoms with Crippen LogP contribution in [0.4, 0.5) is 5.82 Å². The van der Waals surface area contributed by atoms with E-state index in [0.717, 1.165) is 53.8 Å². The van der Waals surface area contributed by atoms with Crippen molar-refractivity contribution in [3.8, 4) is 0 Å². The monoisotopic (exact) mass is 558 g/mol. The quantitative estimate of drug-likeness (QED) is 0.202. The van der Waals surface area contributed by atoms with Gasteiger partial charge in [-0.25, -0.2) is 14.3 Å². The van der Waals surface area contributed by atoms with Gasteiger partial charge in [0, 0.05) is 11.6 Å². The largest absolute Gasteiger partial charge is 0.478 e. The zero-order valence-corrected chi connectivity index (χ0v) is 23.4. The summed E-state index contributed by atoms with van der Waals surface area (Å²) in [5.74, 6) is 0.409. The van der Waals surface area contributed by atoms with Crippen molar-refractivity contribution in [3.05, 3.63) is 131 Å². The molecule has 7 nitrogen and oxygen atoms in total. The summed E-state index contributed by atoms with van der Waals surface area (Å²) in [6, 6.07) is 30.7. The van der Waals surface area contributed by atoms with Gasteiger partial charge in [0.2, 0.25) is 0 Å². The molecular formula is C35H34N4O3. The first-order valence-corrected chi connectivity index (χ1v) is 14.8. The second-order valence-corrected chi connectivity index (χ2v) is 11.5. The molecule has 0 spiro atoms. The van der Waals surface area contributed by atoms with Crippen molar-refractivity contribution >= 4 is 17.3 Å². The van der Waals surface area contributed by atoms with Gasteiger partial charge in [-0.3, -0.25) is 0 Å². The molecule has 3 aromatic carbocycles. The Balaban J connectivity index is 1.16. The minimum Gasteiger partial charge on any atom is -0.478 e. The summed E-state index contributed by atoms with van der Waals surface area (Å²) in [6.45, 7) is 1.10. The molecule has 2 aliphatic carbocycles. The van der Waals surface area contributed by atoms with Gasteiger partial charge in [0.25, 0.3) is 0 Å². The topological polar surface area (TPSA) is 88.8 Å². The smallest absolute Gasteiger partial charge is 0.335 e. The first-order valence-electron chi connectivity index (χ1n) is 14.8. The predicted octanol–water partition coefficient (Wildman–Crippen LogP) is 7.02. The van der Waals surface area contributed by atoms with Crippen molar-refractivity contribution in [1.82, 2.24) is 14.6 Å². The van der Waals surface area contributed by atoms with Crippen LogP contribution in [0.5, 0.6) is 0 Å². The lowest BCUT2D eigenvalue weighted by molar-refractivity contribution is 0.0689. The maximum absolute atomic E-state index is 12.2. The minimum absolute atomic E-state index is 0.0676. The van der Waals surface area contributed by atoms with E-state index < -0.39 is 5.97 Å². The Morgan fingerprint density at radius 2 is 1.71 bits per heavy atom.